The number of carbonyl (C=O) groups excluding carboxylic acids is 1. The molecule has 4 rings (SSSR count). The van der Waals surface area contributed by atoms with Crippen LogP contribution in [0.5, 0.6) is 5.75 Å². The second-order valence-corrected chi connectivity index (χ2v) is 6.80. The van der Waals surface area contributed by atoms with Crippen molar-refractivity contribution in [3.63, 3.8) is 0 Å². The fourth-order valence-corrected chi connectivity index (χ4v) is 3.62. The van der Waals surface area contributed by atoms with Crippen molar-refractivity contribution in [1.82, 2.24) is 29.9 Å². The molecule has 140 valence electrons. The van der Waals surface area contributed by atoms with Crippen LogP contribution in [0.25, 0.3) is 16.9 Å². The van der Waals surface area contributed by atoms with Crippen molar-refractivity contribution < 1.29 is 14.3 Å². The highest BCUT2D eigenvalue weighted by molar-refractivity contribution is 8.00. The van der Waals surface area contributed by atoms with Crippen molar-refractivity contribution >= 4 is 28.8 Å². The number of hydrogen-bond acceptors (Lipinski definition) is 8. The molecule has 1 amide bonds. The minimum absolute atomic E-state index is 0.0650. The zero-order valence-electron chi connectivity index (χ0n) is 14.7. The summed E-state index contributed by atoms with van der Waals surface area (Å²) in [4.78, 5) is 22.8. The molecule has 0 unspecified atom stereocenters. The normalized spacial score (nSPS) is 14.5. The molecule has 1 aromatic carbocycles. The lowest BCUT2D eigenvalue weighted by Crippen LogP contribution is -2.41. The van der Waals surface area contributed by atoms with E-state index in [1.54, 1.807) is 11.8 Å². The summed E-state index contributed by atoms with van der Waals surface area (Å²) in [5.74, 6) is 1.07. The zero-order chi connectivity index (χ0) is 18.6. The minimum atomic E-state index is 0.0650. The van der Waals surface area contributed by atoms with Crippen molar-refractivity contribution in [3.05, 3.63) is 30.6 Å². The van der Waals surface area contributed by atoms with Crippen molar-refractivity contribution in [3.8, 4) is 11.4 Å². The lowest BCUT2D eigenvalue weighted by atomic mass is 10.3. The molecular formula is C17H18N6O3S. The second-order valence-electron chi connectivity index (χ2n) is 5.84. The number of thioether (sulfide) groups is 1. The van der Waals surface area contributed by atoms with Crippen LogP contribution in [0, 0.1) is 0 Å². The molecule has 27 heavy (non-hydrogen) atoms. The van der Waals surface area contributed by atoms with E-state index in [1.807, 2.05) is 29.2 Å². The van der Waals surface area contributed by atoms with E-state index < -0.39 is 0 Å². The monoisotopic (exact) mass is 386 g/mol. The largest absolute Gasteiger partial charge is 0.497 e. The maximum Gasteiger partial charge on any atom is 0.233 e. The maximum absolute atomic E-state index is 12.4. The molecule has 1 aliphatic rings. The second kappa shape index (κ2) is 7.89. The SMILES string of the molecule is COc1cccc(-n2nnc3c(SCC(=O)N4CCOCC4)ncnc32)c1. The molecule has 0 aliphatic carbocycles. The van der Waals surface area contributed by atoms with Crippen molar-refractivity contribution in [1.29, 1.82) is 0 Å². The Morgan fingerprint density at radius 2 is 2.15 bits per heavy atom. The Morgan fingerprint density at radius 1 is 1.30 bits per heavy atom. The molecular weight excluding hydrogens is 368 g/mol. The summed E-state index contributed by atoms with van der Waals surface area (Å²) in [6, 6.07) is 7.48. The van der Waals surface area contributed by atoms with Gasteiger partial charge in [-0.15, -0.1) is 5.10 Å². The smallest absolute Gasteiger partial charge is 0.233 e. The van der Waals surface area contributed by atoms with Gasteiger partial charge in [-0.3, -0.25) is 4.79 Å². The molecule has 1 aliphatic heterocycles. The van der Waals surface area contributed by atoms with Gasteiger partial charge in [0.1, 0.15) is 17.1 Å². The average Bonchev–Trinajstić information content (AvgIpc) is 3.17. The third-order valence-corrected chi connectivity index (χ3v) is 5.16. The Balaban J connectivity index is 1.56. The van der Waals surface area contributed by atoms with Gasteiger partial charge in [0, 0.05) is 19.2 Å². The molecule has 0 radical (unpaired) electrons. The predicted octanol–water partition coefficient (Wildman–Crippen LogP) is 1.17. The third-order valence-electron chi connectivity index (χ3n) is 4.20. The van der Waals surface area contributed by atoms with Gasteiger partial charge in [-0.05, 0) is 12.1 Å². The lowest BCUT2D eigenvalue weighted by Gasteiger charge is -2.26. The molecule has 1 saturated heterocycles. The predicted molar refractivity (Wildman–Crippen MR) is 99.1 cm³/mol. The van der Waals surface area contributed by atoms with E-state index in [0.29, 0.717) is 42.5 Å². The molecule has 0 spiro atoms. The number of ether oxygens (including phenoxy) is 2. The number of amides is 1. The summed E-state index contributed by atoms with van der Waals surface area (Å²) in [6.07, 6.45) is 1.46. The van der Waals surface area contributed by atoms with Gasteiger partial charge < -0.3 is 14.4 Å². The Bertz CT molecular complexity index is 957. The van der Waals surface area contributed by atoms with Crippen LogP contribution in [-0.4, -0.2) is 74.9 Å². The van der Waals surface area contributed by atoms with Crippen LogP contribution in [0.2, 0.25) is 0 Å². The van der Waals surface area contributed by atoms with Crippen molar-refractivity contribution in [2.45, 2.75) is 5.03 Å². The van der Waals surface area contributed by atoms with Crippen LogP contribution in [0.1, 0.15) is 0 Å². The quantitative estimate of drug-likeness (QED) is 0.476. The van der Waals surface area contributed by atoms with Gasteiger partial charge in [-0.1, -0.05) is 23.0 Å². The molecule has 3 aromatic rings. The maximum atomic E-state index is 12.4. The van der Waals surface area contributed by atoms with E-state index in [1.165, 1.54) is 18.1 Å². The number of nitrogens with zero attached hydrogens (tertiary/aromatic N) is 6. The number of benzene rings is 1. The van der Waals surface area contributed by atoms with E-state index in [-0.39, 0.29) is 11.7 Å². The van der Waals surface area contributed by atoms with E-state index in [2.05, 4.69) is 20.3 Å². The molecule has 9 nitrogen and oxygen atoms in total. The summed E-state index contributed by atoms with van der Waals surface area (Å²) in [6.45, 7) is 2.43. The first kappa shape index (κ1) is 17.7. The number of methoxy groups -OCH3 is 1. The van der Waals surface area contributed by atoms with Crippen LogP contribution in [-0.2, 0) is 9.53 Å². The molecule has 1 fully saturated rings. The van der Waals surface area contributed by atoms with E-state index in [9.17, 15) is 4.79 Å². The summed E-state index contributed by atoms with van der Waals surface area (Å²) >= 11 is 1.34. The van der Waals surface area contributed by atoms with E-state index >= 15 is 0 Å². The number of fused-ring (bicyclic) bond motifs is 1. The Hall–Kier alpha value is -2.72. The van der Waals surface area contributed by atoms with Gasteiger partial charge in [-0.25, -0.2) is 9.97 Å². The highest BCUT2D eigenvalue weighted by Gasteiger charge is 2.19. The first-order chi connectivity index (χ1) is 13.3. The van der Waals surface area contributed by atoms with Gasteiger partial charge in [0.2, 0.25) is 5.91 Å². The first-order valence-electron chi connectivity index (χ1n) is 8.45. The minimum Gasteiger partial charge on any atom is -0.497 e. The molecule has 0 saturated carbocycles. The van der Waals surface area contributed by atoms with Gasteiger partial charge in [0.25, 0.3) is 0 Å². The number of carbonyl (C=O) groups is 1. The number of morpholine rings is 1. The van der Waals surface area contributed by atoms with Crippen LogP contribution in [0.4, 0.5) is 0 Å². The first-order valence-corrected chi connectivity index (χ1v) is 9.44. The van der Waals surface area contributed by atoms with Gasteiger partial charge in [0.05, 0.1) is 31.8 Å². The van der Waals surface area contributed by atoms with Crippen LogP contribution in [0.3, 0.4) is 0 Å². The van der Waals surface area contributed by atoms with Crippen molar-refractivity contribution in [2.24, 2.45) is 0 Å². The number of rotatable bonds is 5. The molecule has 0 N–H and O–H groups in total. The zero-order valence-corrected chi connectivity index (χ0v) is 15.6. The highest BCUT2D eigenvalue weighted by Crippen LogP contribution is 2.25. The van der Waals surface area contributed by atoms with Crippen LogP contribution >= 0.6 is 11.8 Å². The molecule has 3 heterocycles. The van der Waals surface area contributed by atoms with Gasteiger partial charge in [0.15, 0.2) is 11.2 Å². The summed E-state index contributed by atoms with van der Waals surface area (Å²) < 4.78 is 12.2. The molecule has 0 atom stereocenters. The molecule has 2 aromatic heterocycles. The van der Waals surface area contributed by atoms with Crippen LogP contribution < -0.4 is 4.74 Å². The topological polar surface area (TPSA) is 95.3 Å². The van der Waals surface area contributed by atoms with E-state index in [4.69, 9.17) is 9.47 Å². The van der Waals surface area contributed by atoms with Gasteiger partial charge >= 0.3 is 0 Å². The summed E-state index contributed by atoms with van der Waals surface area (Å²) in [5.41, 5.74) is 1.94. The fourth-order valence-electron chi connectivity index (χ4n) is 2.78. The fraction of sp³-hybridized carbons (Fsp3) is 0.353. The van der Waals surface area contributed by atoms with Gasteiger partial charge in [-0.2, -0.15) is 4.68 Å². The van der Waals surface area contributed by atoms with Crippen molar-refractivity contribution in [2.75, 3.05) is 39.2 Å². The number of hydrogen-bond donors (Lipinski definition) is 0. The standard InChI is InChI=1S/C17H18N6O3S/c1-25-13-4-2-3-12(9-13)23-16-15(20-21-23)17(19-11-18-16)27-10-14(24)22-5-7-26-8-6-22/h2-4,9,11H,5-8,10H2,1H3. The third kappa shape index (κ3) is 3.71. The highest BCUT2D eigenvalue weighted by atomic mass is 32.2. The molecule has 10 heteroatoms. The number of aromatic nitrogens is 5. The lowest BCUT2D eigenvalue weighted by molar-refractivity contribution is -0.132. The summed E-state index contributed by atoms with van der Waals surface area (Å²) in [5, 5.41) is 9.06. The van der Waals surface area contributed by atoms with Crippen LogP contribution in [0.15, 0.2) is 35.6 Å². The average molecular weight is 386 g/mol. The summed E-state index contributed by atoms with van der Waals surface area (Å²) in [7, 11) is 1.61. The van der Waals surface area contributed by atoms with E-state index in [0.717, 1.165) is 11.4 Å². The Morgan fingerprint density at radius 3 is 2.96 bits per heavy atom. The Kier molecular flexibility index (Phi) is 5.16. The Labute approximate surface area is 159 Å². The molecule has 0 bridgehead atoms.